The van der Waals surface area contributed by atoms with E-state index in [0.29, 0.717) is 0 Å². The van der Waals surface area contributed by atoms with Gasteiger partial charge in [-0.1, -0.05) is 29.8 Å². The molecule has 1 N–H and O–H groups in total. The third-order valence-electron chi connectivity index (χ3n) is 3.11. The van der Waals surface area contributed by atoms with Crippen molar-refractivity contribution in [2.24, 2.45) is 0 Å². The lowest BCUT2D eigenvalue weighted by Gasteiger charge is -2.19. The summed E-state index contributed by atoms with van der Waals surface area (Å²) in [5, 5.41) is 3.44. The molecule has 0 atom stereocenters. The van der Waals surface area contributed by atoms with Crippen molar-refractivity contribution in [1.82, 2.24) is 5.32 Å². The molecule has 1 aromatic carbocycles. The Morgan fingerprint density at radius 3 is 2.52 bits per heavy atom. The lowest BCUT2D eigenvalue weighted by atomic mass is 10.1. The Morgan fingerprint density at radius 1 is 1.05 bits per heavy atom. The zero-order chi connectivity index (χ0) is 15.3. The van der Waals surface area contributed by atoms with Gasteiger partial charge in [-0.2, -0.15) is 0 Å². The molecule has 0 aliphatic carbocycles. The van der Waals surface area contributed by atoms with Gasteiger partial charge in [0.2, 0.25) is 0 Å². The number of hydrogen-bond donors (Lipinski definition) is 1. The molecular formula is C18H25NOS. The van der Waals surface area contributed by atoms with Crippen molar-refractivity contribution in [3.63, 3.8) is 0 Å². The summed E-state index contributed by atoms with van der Waals surface area (Å²) in [6.45, 7) is 9.40. The molecule has 0 spiro atoms. The van der Waals surface area contributed by atoms with Gasteiger partial charge in [0.15, 0.2) is 0 Å². The Morgan fingerprint density at radius 2 is 1.81 bits per heavy atom. The largest absolute Gasteiger partial charge is 0.464 e. The van der Waals surface area contributed by atoms with Gasteiger partial charge < -0.3 is 9.73 Å². The van der Waals surface area contributed by atoms with E-state index in [9.17, 15) is 0 Å². The van der Waals surface area contributed by atoms with Gasteiger partial charge in [-0.3, -0.25) is 0 Å². The molecule has 2 rings (SSSR count). The molecule has 0 fully saturated rings. The van der Waals surface area contributed by atoms with Crippen molar-refractivity contribution < 1.29 is 4.42 Å². The van der Waals surface area contributed by atoms with Crippen molar-refractivity contribution in [3.05, 3.63) is 59.0 Å². The van der Waals surface area contributed by atoms with E-state index in [1.54, 1.807) is 0 Å². The molecule has 0 saturated carbocycles. The van der Waals surface area contributed by atoms with Crippen molar-refractivity contribution in [2.75, 3.05) is 0 Å². The molecule has 2 aromatic rings. The maximum atomic E-state index is 5.86. The van der Waals surface area contributed by atoms with Crippen LogP contribution in [0.1, 0.15) is 43.4 Å². The molecule has 0 saturated heterocycles. The average molecular weight is 303 g/mol. The van der Waals surface area contributed by atoms with Crippen LogP contribution in [0, 0.1) is 6.92 Å². The van der Waals surface area contributed by atoms with Crippen LogP contribution in [-0.4, -0.2) is 5.54 Å². The monoisotopic (exact) mass is 303 g/mol. The van der Waals surface area contributed by atoms with Gasteiger partial charge in [-0.25, -0.2) is 0 Å². The fraction of sp³-hybridized carbons (Fsp3) is 0.444. The second kappa shape index (κ2) is 7.19. The SMILES string of the molecule is Cc1cccc(CSCc2ccc(CNC(C)(C)C)o2)c1. The molecule has 0 aliphatic rings. The zero-order valence-corrected chi connectivity index (χ0v) is 14.2. The van der Waals surface area contributed by atoms with E-state index < -0.39 is 0 Å². The molecule has 0 amide bonds. The maximum absolute atomic E-state index is 5.86. The number of furan rings is 1. The van der Waals surface area contributed by atoms with E-state index >= 15 is 0 Å². The summed E-state index contributed by atoms with van der Waals surface area (Å²) < 4.78 is 5.86. The molecule has 3 heteroatoms. The van der Waals surface area contributed by atoms with Crippen LogP contribution in [0.25, 0.3) is 0 Å². The number of benzene rings is 1. The topological polar surface area (TPSA) is 25.2 Å². The Kier molecular flexibility index (Phi) is 5.54. The van der Waals surface area contributed by atoms with Crippen molar-refractivity contribution >= 4 is 11.8 Å². The summed E-state index contributed by atoms with van der Waals surface area (Å²) in [5.41, 5.74) is 2.81. The first-order chi connectivity index (χ1) is 9.92. The second-order valence-electron chi connectivity index (χ2n) is 6.45. The summed E-state index contributed by atoms with van der Waals surface area (Å²) in [7, 11) is 0. The number of thioether (sulfide) groups is 1. The van der Waals surface area contributed by atoms with Crippen LogP contribution in [0.3, 0.4) is 0 Å². The van der Waals surface area contributed by atoms with E-state index in [1.807, 2.05) is 11.8 Å². The van der Waals surface area contributed by atoms with Crippen LogP contribution in [-0.2, 0) is 18.1 Å². The van der Waals surface area contributed by atoms with Gasteiger partial charge in [0.05, 0.1) is 12.3 Å². The third kappa shape index (κ3) is 5.98. The minimum atomic E-state index is 0.118. The zero-order valence-electron chi connectivity index (χ0n) is 13.4. The summed E-state index contributed by atoms with van der Waals surface area (Å²) in [4.78, 5) is 0. The van der Waals surface area contributed by atoms with Crippen LogP contribution in [0.15, 0.2) is 40.8 Å². The standard InChI is InChI=1S/C18H25NOS/c1-14-6-5-7-15(10-14)12-21-13-17-9-8-16(20-17)11-19-18(2,3)4/h5-10,19H,11-13H2,1-4H3. The van der Waals surface area contributed by atoms with Crippen LogP contribution in [0.2, 0.25) is 0 Å². The molecule has 0 aliphatic heterocycles. The number of rotatable bonds is 6. The molecule has 21 heavy (non-hydrogen) atoms. The van der Waals surface area contributed by atoms with E-state index in [0.717, 1.165) is 29.6 Å². The first-order valence-electron chi connectivity index (χ1n) is 7.38. The highest BCUT2D eigenvalue weighted by molar-refractivity contribution is 7.97. The Balaban J connectivity index is 1.78. The van der Waals surface area contributed by atoms with Crippen molar-refractivity contribution in [1.29, 1.82) is 0 Å². The number of aryl methyl sites for hydroxylation is 1. The first kappa shape index (κ1) is 16.2. The Hall–Kier alpha value is -1.19. The summed E-state index contributed by atoms with van der Waals surface area (Å²) in [5.74, 6) is 4.01. The first-order valence-corrected chi connectivity index (χ1v) is 8.54. The Bertz CT molecular complexity index is 569. The molecule has 0 bridgehead atoms. The normalized spacial score (nSPS) is 11.8. The van der Waals surface area contributed by atoms with Gasteiger partial charge >= 0.3 is 0 Å². The summed E-state index contributed by atoms with van der Waals surface area (Å²) in [6, 6.07) is 12.8. The molecule has 2 nitrogen and oxygen atoms in total. The summed E-state index contributed by atoms with van der Waals surface area (Å²) >= 11 is 1.89. The summed E-state index contributed by atoms with van der Waals surface area (Å²) in [6.07, 6.45) is 0. The highest BCUT2D eigenvalue weighted by Crippen LogP contribution is 2.20. The Labute approximate surface area is 132 Å². The van der Waals surface area contributed by atoms with Crippen LogP contribution in [0.5, 0.6) is 0 Å². The predicted molar refractivity (Wildman–Crippen MR) is 91.5 cm³/mol. The minimum absolute atomic E-state index is 0.118. The molecule has 1 heterocycles. The fourth-order valence-corrected chi connectivity index (χ4v) is 2.89. The van der Waals surface area contributed by atoms with E-state index in [4.69, 9.17) is 4.42 Å². The number of hydrogen-bond acceptors (Lipinski definition) is 3. The fourth-order valence-electron chi connectivity index (χ4n) is 2.02. The number of nitrogens with one attached hydrogen (secondary N) is 1. The highest BCUT2D eigenvalue weighted by atomic mass is 32.2. The highest BCUT2D eigenvalue weighted by Gasteiger charge is 2.10. The van der Waals surface area contributed by atoms with Gasteiger partial charge in [0.1, 0.15) is 11.5 Å². The van der Waals surface area contributed by atoms with Crippen LogP contribution >= 0.6 is 11.8 Å². The minimum Gasteiger partial charge on any atom is -0.464 e. The van der Waals surface area contributed by atoms with E-state index in [2.05, 4.69) is 69.4 Å². The quantitative estimate of drug-likeness (QED) is 0.821. The molecule has 0 unspecified atom stereocenters. The van der Waals surface area contributed by atoms with Crippen molar-refractivity contribution in [3.8, 4) is 0 Å². The van der Waals surface area contributed by atoms with Crippen LogP contribution in [0.4, 0.5) is 0 Å². The van der Waals surface area contributed by atoms with Gasteiger partial charge in [0.25, 0.3) is 0 Å². The molecule has 114 valence electrons. The average Bonchev–Trinajstić information content (AvgIpc) is 2.84. The smallest absolute Gasteiger partial charge is 0.118 e. The molecular weight excluding hydrogens is 278 g/mol. The van der Waals surface area contributed by atoms with Gasteiger partial charge in [-0.15, -0.1) is 11.8 Å². The van der Waals surface area contributed by atoms with E-state index in [-0.39, 0.29) is 5.54 Å². The van der Waals surface area contributed by atoms with E-state index in [1.165, 1.54) is 11.1 Å². The van der Waals surface area contributed by atoms with Crippen LogP contribution < -0.4 is 5.32 Å². The lowest BCUT2D eigenvalue weighted by Crippen LogP contribution is -2.34. The second-order valence-corrected chi connectivity index (χ2v) is 7.44. The predicted octanol–water partition coefficient (Wildman–Crippen LogP) is 4.91. The maximum Gasteiger partial charge on any atom is 0.118 e. The lowest BCUT2D eigenvalue weighted by molar-refractivity contribution is 0.382. The third-order valence-corrected chi connectivity index (χ3v) is 4.13. The van der Waals surface area contributed by atoms with Gasteiger partial charge in [0, 0.05) is 11.3 Å². The molecule has 1 aromatic heterocycles. The van der Waals surface area contributed by atoms with Gasteiger partial charge in [-0.05, 0) is 45.4 Å². The van der Waals surface area contributed by atoms with Crippen molar-refractivity contribution in [2.45, 2.75) is 51.3 Å². The molecule has 0 radical (unpaired) electrons.